The van der Waals surface area contributed by atoms with Crippen molar-refractivity contribution in [2.24, 2.45) is 0 Å². The molecule has 146 valence electrons. The number of carbonyl (C=O) groups excluding carboxylic acids is 1. The van der Waals surface area contributed by atoms with E-state index < -0.39 is 10.0 Å². The van der Waals surface area contributed by atoms with E-state index in [4.69, 9.17) is 11.6 Å². The van der Waals surface area contributed by atoms with Crippen molar-refractivity contribution in [3.63, 3.8) is 0 Å². The Morgan fingerprint density at radius 3 is 2.33 bits per heavy atom. The Balaban J connectivity index is 1.91. The standard InChI is InChI=1S/C19H23ClN2O3S2/c1-14(2)22-27(24,25)13-16-6-4-3-5-15(16)11-21-19(23)12-26-18-9-7-17(20)8-10-18/h3-10,14,22H,11-13H2,1-2H3,(H,21,23). The van der Waals surface area contributed by atoms with E-state index in [1.165, 1.54) is 11.8 Å². The summed E-state index contributed by atoms with van der Waals surface area (Å²) in [4.78, 5) is 13.1. The van der Waals surface area contributed by atoms with Crippen molar-refractivity contribution in [1.82, 2.24) is 10.0 Å². The summed E-state index contributed by atoms with van der Waals surface area (Å²) >= 11 is 7.26. The minimum absolute atomic E-state index is 0.114. The van der Waals surface area contributed by atoms with Crippen molar-refractivity contribution in [3.05, 3.63) is 64.7 Å². The molecule has 5 nitrogen and oxygen atoms in total. The van der Waals surface area contributed by atoms with Crippen molar-refractivity contribution in [3.8, 4) is 0 Å². The third-order valence-electron chi connectivity index (χ3n) is 3.54. The highest BCUT2D eigenvalue weighted by atomic mass is 35.5. The largest absolute Gasteiger partial charge is 0.351 e. The lowest BCUT2D eigenvalue weighted by molar-refractivity contribution is -0.118. The fraction of sp³-hybridized carbons (Fsp3) is 0.316. The predicted molar refractivity (Wildman–Crippen MR) is 111 cm³/mol. The first-order valence-electron chi connectivity index (χ1n) is 8.47. The number of carbonyl (C=O) groups is 1. The van der Waals surface area contributed by atoms with Crippen LogP contribution in [0.15, 0.2) is 53.4 Å². The van der Waals surface area contributed by atoms with Crippen LogP contribution in [0.4, 0.5) is 0 Å². The first kappa shape index (κ1) is 21.8. The van der Waals surface area contributed by atoms with Crippen LogP contribution < -0.4 is 10.0 Å². The SMILES string of the molecule is CC(C)NS(=O)(=O)Cc1ccccc1CNC(=O)CSc1ccc(Cl)cc1. The van der Waals surface area contributed by atoms with Gasteiger partial charge in [0.15, 0.2) is 0 Å². The van der Waals surface area contributed by atoms with Gasteiger partial charge in [-0.3, -0.25) is 4.79 Å². The molecule has 2 aromatic rings. The molecule has 2 aromatic carbocycles. The molecule has 0 aliphatic carbocycles. The van der Waals surface area contributed by atoms with Gasteiger partial charge in [0.2, 0.25) is 15.9 Å². The van der Waals surface area contributed by atoms with Crippen LogP contribution in [0.3, 0.4) is 0 Å². The molecule has 0 atom stereocenters. The Hall–Kier alpha value is -1.54. The number of halogens is 1. The number of sulfonamides is 1. The van der Waals surface area contributed by atoms with Crippen LogP contribution in [0, 0.1) is 0 Å². The van der Waals surface area contributed by atoms with Gasteiger partial charge in [-0.15, -0.1) is 11.8 Å². The van der Waals surface area contributed by atoms with E-state index in [9.17, 15) is 13.2 Å². The zero-order valence-corrected chi connectivity index (χ0v) is 17.6. The molecule has 0 aliphatic rings. The van der Waals surface area contributed by atoms with Gasteiger partial charge >= 0.3 is 0 Å². The molecular formula is C19H23ClN2O3S2. The minimum atomic E-state index is -3.42. The van der Waals surface area contributed by atoms with Crippen molar-refractivity contribution in [1.29, 1.82) is 0 Å². The fourth-order valence-corrected chi connectivity index (χ4v) is 4.75. The van der Waals surface area contributed by atoms with Gasteiger partial charge in [-0.05, 0) is 49.2 Å². The molecule has 0 saturated heterocycles. The van der Waals surface area contributed by atoms with Gasteiger partial charge in [0.25, 0.3) is 0 Å². The second-order valence-electron chi connectivity index (χ2n) is 6.32. The van der Waals surface area contributed by atoms with Crippen LogP contribution in [-0.2, 0) is 27.1 Å². The average molecular weight is 427 g/mol. The zero-order valence-electron chi connectivity index (χ0n) is 15.2. The number of nitrogens with one attached hydrogen (secondary N) is 2. The molecule has 0 fully saturated rings. The third kappa shape index (κ3) is 7.92. The first-order chi connectivity index (χ1) is 12.7. The van der Waals surface area contributed by atoms with Crippen LogP contribution in [0.1, 0.15) is 25.0 Å². The quantitative estimate of drug-likeness (QED) is 0.601. The summed E-state index contributed by atoms with van der Waals surface area (Å²) in [5.41, 5.74) is 1.47. The van der Waals surface area contributed by atoms with Crippen LogP contribution in [0.2, 0.25) is 5.02 Å². The van der Waals surface area contributed by atoms with Gasteiger partial charge in [-0.25, -0.2) is 13.1 Å². The van der Waals surface area contributed by atoms with E-state index in [2.05, 4.69) is 10.0 Å². The molecule has 27 heavy (non-hydrogen) atoms. The van der Waals surface area contributed by atoms with Crippen molar-refractivity contribution >= 4 is 39.3 Å². The summed E-state index contributed by atoms with van der Waals surface area (Å²) in [6, 6.07) is 14.3. The normalized spacial score (nSPS) is 11.6. The topological polar surface area (TPSA) is 75.3 Å². The molecule has 0 spiro atoms. The molecule has 0 radical (unpaired) electrons. The van der Waals surface area contributed by atoms with Crippen LogP contribution >= 0.6 is 23.4 Å². The maximum Gasteiger partial charge on any atom is 0.230 e. The molecule has 2 N–H and O–H groups in total. The Bertz CT molecular complexity index is 869. The highest BCUT2D eigenvalue weighted by molar-refractivity contribution is 8.00. The van der Waals surface area contributed by atoms with Gasteiger partial charge < -0.3 is 5.32 Å². The van der Waals surface area contributed by atoms with Gasteiger partial charge in [-0.1, -0.05) is 35.9 Å². The van der Waals surface area contributed by atoms with Gasteiger partial charge in [-0.2, -0.15) is 0 Å². The summed E-state index contributed by atoms with van der Waals surface area (Å²) in [5.74, 6) is 0.0428. The molecule has 0 aliphatic heterocycles. The highest BCUT2D eigenvalue weighted by Gasteiger charge is 2.15. The van der Waals surface area contributed by atoms with Crippen LogP contribution in [-0.4, -0.2) is 26.1 Å². The number of rotatable bonds is 9. The Morgan fingerprint density at radius 1 is 1.07 bits per heavy atom. The van der Waals surface area contributed by atoms with Crippen LogP contribution in [0.25, 0.3) is 0 Å². The van der Waals surface area contributed by atoms with Crippen molar-refractivity contribution in [2.45, 2.75) is 37.1 Å². The summed E-state index contributed by atoms with van der Waals surface area (Å²) in [6.07, 6.45) is 0. The van der Waals surface area contributed by atoms with E-state index >= 15 is 0 Å². The summed E-state index contributed by atoms with van der Waals surface area (Å²) in [7, 11) is -3.42. The Kier molecular flexibility index (Phi) is 8.16. The van der Waals surface area contributed by atoms with Gasteiger partial charge in [0, 0.05) is 22.5 Å². The molecular weight excluding hydrogens is 404 g/mol. The van der Waals surface area contributed by atoms with Crippen molar-refractivity contribution < 1.29 is 13.2 Å². The second-order valence-corrected chi connectivity index (χ2v) is 9.56. The van der Waals surface area contributed by atoms with Crippen LogP contribution in [0.5, 0.6) is 0 Å². The molecule has 0 aromatic heterocycles. The lowest BCUT2D eigenvalue weighted by Gasteiger charge is -2.13. The molecule has 0 unspecified atom stereocenters. The third-order valence-corrected chi connectivity index (χ3v) is 6.32. The summed E-state index contributed by atoms with van der Waals surface area (Å²) in [6.45, 7) is 3.84. The van der Waals surface area contributed by atoms with E-state index in [1.807, 2.05) is 24.3 Å². The molecule has 8 heteroatoms. The molecule has 0 bridgehead atoms. The zero-order chi connectivity index (χ0) is 19.9. The second kappa shape index (κ2) is 10.1. The molecule has 1 amide bonds. The lowest BCUT2D eigenvalue weighted by Crippen LogP contribution is -2.32. The Morgan fingerprint density at radius 2 is 1.70 bits per heavy atom. The molecule has 0 saturated carbocycles. The monoisotopic (exact) mass is 426 g/mol. The minimum Gasteiger partial charge on any atom is -0.351 e. The summed E-state index contributed by atoms with van der Waals surface area (Å²) in [5, 5.41) is 3.50. The first-order valence-corrected chi connectivity index (χ1v) is 11.5. The van der Waals surface area contributed by atoms with E-state index in [-0.39, 0.29) is 30.0 Å². The number of hydrogen-bond donors (Lipinski definition) is 2. The highest BCUT2D eigenvalue weighted by Crippen LogP contribution is 2.20. The smallest absolute Gasteiger partial charge is 0.230 e. The number of thioether (sulfide) groups is 1. The average Bonchev–Trinajstić information content (AvgIpc) is 2.59. The molecule has 0 heterocycles. The summed E-state index contributed by atoms with van der Waals surface area (Å²) < 4.78 is 26.9. The number of hydrogen-bond acceptors (Lipinski definition) is 4. The number of benzene rings is 2. The van der Waals surface area contributed by atoms with E-state index in [0.29, 0.717) is 10.6 Å². The maximum atomic E-state index is 12.2. The van der Waals surface area contributed by atoms with Gasteiger partial charge in [0.1, 0.15) is 0 Å². The van der Waals surface area contributed by atoms with Gasteiger partial charge in [0.05, 0.1) is 11.5 Å². The van der Waals surface area contributed by atoms with Crippen molar-refractivity contribution in [2.75, 3.05) is 5.75 Å². The maximum absolute atomic E-state index is 12.2. The molecule has 2 rings (SSSR count). The fourth-order valence-electron chi connectivity index (χ4n) is 2.40. The lowest BCUT2D eigenvalue weighted by atomic mass is 10.1. The Labute approximate surface area is 169 Å². The van der Waals surface area contributed by atoms with E-state index in [0.717, 1.165) is 10.5 Å². The predicted octanol–water partition coefficient (Wildman–Crippen LogP) is 3.58. The number of amides is 1. The van der Waals surface area contributed by atoms with E-state index in [1.54, 1.807) is 38.1 Å².